The molecule has 0 atom stereocenters. The van der Waals surface area contributed by atoms with Crippen molar-refractivity contribution in [1.29, 1.82) is 0 Å². The van der Waals surface area contributed by atoms with Gasteiger partial charge in [-0.25, -0.2) is 0 Å². The Hall–Kier alpha value is -3.20. The average Bonchev–Trinajstić information content (AvgIpc) is 3.16. The van der Waals surface area contributed by atoms with E-state index in [1.165, 1.54) is 6.07 Å². The molecule has 3 heteroatoms. The van der Waals surface area contributed by atoms with Gasteiger partial charge >= 0.3 is 0 Å². The number of aryl methyl sites for hydroxylation is 1. The van der Waals surface area contributed by atoms with Gasteiger partial charge in [-0.15, -0.1) is 0 Å². The average molecular weight is 386 g/mol. The Labute approximate surface area is 177 Å². The molecular formula is C26H24N2O. The van der Waals surface area contributed by atoms with E-state index in [1.54, 1.807) is 24.4 Å². The highest BCUT2D eigenvalue weighted by Crippen LogP contribution is 2.38. The summed E-state index contributed by atoms with van der Waals surface area (Å²) in [5.41, 5.74) is 3.24. The lowest BCUT2D eigenvalue weighted by molar-refractivity contribution is 0.411. The maximum absolute atomic E-state index is 8.65. The fourth-order valence-corrected chi connectivity index (χ4v) is 3.75. The van der Waals surface area contributed by atoms with Crippen molar-refractivity contribution >= 4 is 32.8 Å². The Morgan fingerprint density at radius 2 is 1.79 bits per heavy atom. The molecule has 3 aromatic heterocycles. The van der Waals surface area contributed by atoms with E-state index in [2.05, 4.69) is 9.97 Å². The quantitative estimate of drug-likeness (QED) is 0.325. The highest BCUT2D eigenvalue weighted by Gasteiger charge is 2.17. The molecule has 0 aliphatic rings. The van der Waals surface area contributed by atoms with Gasteiger partial charge in [-0.3, -0.25) is 9.97 Å². The number of aromatic nitrogens is 2. The minimum absolute atomic E-state index is 0.0466. The predicted octanol–water partition coefficient (Wildman–Crippen LogP) is 7.09. The van der Waals surface area contributed by atoms with E-state index in [0.717, 1.165) is 21.7 Å². The number of hydrogen-bond acceptors (Lipinski definition) is 3. The Kier molecular flexibility index (Phi) is 2.90. The van der Waals surface area contributed by atoms with E-state index in [4.69, 9.17) is 11.3 Å². The lowest BCUT2D eigenvalue weighted by Gasteiger charge is -2.18. The standard InChI is InChI=1S/C26H24N2O/c1-16-8-9-21-22(28-16)11-10-19-18-6-5-7-20(24(18)29-25(19)21)23-14-17(12-13-27-23)15-26(2,3)4/h5-14H,15H2,1-4H3/i1D3,15D2. The molecule has 0 saturated heterocycles. The van der Waals surface area contributed by atoms with E-state index >= 15 is 0 Å². The summed E-state index contributed by atoms with van der Waals surface area (Å²) in [6.07, 6.45) is 0.0835. The van der Waals surface area contributed by atoms with Gasteiger partial charge in [-0.2, -0.15) is 0 Å². The summed E-state index contributed by atoms with van der Waals surface area (Å²) in [6, 6.07) is 16.3. The normalized spacial score (nSPS) is 15.8. The van der Waals surface area contributed by atoms with Crippen LogP contribution in [0.15, 0.2) is 65.2 Å². The minimum atomic E-state index is -2.28. The van der Waals surface area contributed by atoms with E-state index in [1.807, 2.05) is 51.1 Å². The first-order valence-electron chi connectivity index (χ1n) is 12.1. The second-order valence-electron chi connectivity index (χ2n) is 8.29. The maximum Gasteiger partial charge on any atom is 0.144 e. The Morgan fingerprint density at radius 3 is 2.62 bits per heavy atom. The van der Waals surface area contributed by atoms with E-state index < -0.39 is 18.6 Å². The number of rotatable bonds is 2. The van der Waals surface area contributed by atoms with Gasteiger partial charge in [0, 0.05) is 40.5 Å². The number of benzene rings is 2. The summed E-state index contributed by atoms with van der Waals surface area (Å²) in [4.78, 5) is 8.86. The largest absolute Gasteiger partial charge is 0.455 e. The number of furan rings is 1. The highest BCUT2D eigenvalue weighted by molar-refractivity contribution is 6.16. The lowest BCUT2D eigenvalue weighted by Crippen LogP contribution is -2.09. The molecule has 5 rings (SSSR count). The van der Waals surface area contributed by atoms with Crippen molar-refractivity contribution < 1.29 is 11.3 Å². The molecule has 0 amide bonds. The van der Waals surface area contributed by atoms with Crippen molar-refractivity contribution in [1.82, 2.24) is 9.97 Å². The van der Waals surface area contributed by atoms with Crippen molar-refractivity contribution in [2.45, 2.75) is 34.0 Å². The van der Waals surface area contributed by atoms with E-state index in [-0.39, 0.29) is 5.69 Å². The molecule has 3 nitrogen and oxygen atoms in total. The van der Waals surface area contributed by atoms with Gasteiger partial charge in [0.15, 0.2) is 0 Å². The van der Waals surface area contributed by atoms with Crippen molar-refractivity contribution in [3.05, 3.63) is 72.1 Å². The first kappa shape index (κ1) is 13.1. The van der Waals surface area contributed by atoms with Crippen LogP contribution < -0.4 is 0 Å². The van der Waals surface area contributed by atoms with Crippen LogP contribution in [0.3, 0.4) is 0 Å². The van der Waals surface area contributed by atoms with Crippen molar-refractivity contribution in [2.75, 3.05) is 0 Å². The summed E-state index contributed by atoms with van der Waals surface area (Å²) in [5.74, 6) is 0. The number of pyridine rings is 2. The van der Waals surface area contributed by atoms with Crippen LogP contribution in [0.1, 0.15) is 38.9 Å². The molecule has 5 aromatic rings. The molecular weight excluding hydrogens is 356 g/mol. The number of fused-ring (bicyclic) bond motifs is 5. The minimum Gasteiger partial charge on any atom is -0.455 e. The molecule has 0 radical (unpaired) electrons. The summed E-state index contributed by atoms with van der Waals surface area (Å²) >= 11 is 0. The van der Waals surface area contributed by atoms with Crippen molar-refractivity contribution in [3.8, 4) is 11.3 Å². The van der Waals surface area contributed by atoms with Gasteiger partial charge in [0.05, 0.1) is 11.2 Å². The van der Waals surface area contributed by atoms with Crippen molar-refractivity contribution in [2.24, 2.45) is 5.41 Å². The molecule has 2 aromatic carbocycles. The van der Waals surface area contributed by atoms with Gasteiger partial charge in [-0.05, 0) is 66.7 Å². The van der Waals surface area contributed by atoms with Crippen molar-refractivity contribution in [3.63, 3.8) is 0 Å². The van der Waals surface area contributed by atoms with Crippen LogP contribution in [0.5, 0.6) is 0 Å². The van der Waals surface area contributed by atoms with Crippen LogP contribution in [0, 0.1) is 12.3 Å². The molecule has 0 bridgehead atoms. The smallest absolute Gasteiger partial charge is 0.144 e. The first-order valence-corrected chi connectivity index (χ1v) is 9.60. The van der Waals surface area contributed by atoms with Crippen LogP contribution in [0.25, 0.3) is 44.1 Å². The molecule has 0 N–H and O–H groups in total. The molecule has 144 valence electrons. The summed E-state index contributed by atoms with van der Waals surface area (Å²) in [6.45, 7) is 3.36. The zero-order chi connectivity index (χ0) is 24.5. The third-order valence-corrected chi connectivity index (χ3v) is 4.89. The Balaban J connectivity index is 1.73. The zero-order valence-corrected chi connectivity index (χ0v) is 16.6. The molecule has 0 fully saturated rings. The van der Waals surface area contributed by atoms with Crippen LogP contribution >= 0.6 is 0 Å². The molecule has 3 heterocycles. The topological polar surface area (TPSA) is 38.9 Å². The molecule has 29 heavy (non-hydrogen) atoms. The molecule has 0 unspecified atom stereocenters. The third-order valence-electron chi connectivity index (χ3n) is 4.89. The number of nitrogens with zero attached hydrogens (tertiary/aromatic N) is 2. The van der Waals surface area contributed by atoms with Crippen LogP contribution in [0.4, 0.5) is 0 Å². The maximum atomic E-state index is 8.65. The second kappa shape index (κ2) is 6.41. The lowest BCUT2D eigenvalue weighted by atomic mass is 9.88. The zero-order valence-electron chi connectivity index (χ0n) is 21.6. The third kappa shape index (κ3) is 3.17. The monoisotopic (exact) mass is 385 g/mol. The van der Waals surface area contributed by atoms with Crippen LogP contribution in [-0.4, -0.2) is 9.97 Å². The fourth-order valence-electron chi connectivity index (χ4n) is 3.75. The number of hydrogen-bond donors (Lipinski definition) is 0. The number of para-hydroxylation sites is 1. The summed E-state index contributed by atoms with van der Waals surface area (Å²) in [7, 11) is 0. The molecule has 0 aliphatic carbocycles. The first-order chi connectivity index (χ1) is 15.9. The SMILES string of the molecule is [2H]C([2H])([2H])c1ccc2c(ccc3c4cccc(-c5cc(C([2H])([2H])C(C)(C)C)ccn5)c4oc23)n1. The summed E-state index contributed by atoms with van der Waals surface area (Å²) in [5, 5.41) is 2.53. The van der Waals surface area contributed by atoms with Crippen LogP contribution in [-0.2, 0) is 6.37 Å². The van der Waals surface area contributed by atoms with Gasteiger partial charge < -0.3 is 4.42 Å². The van der Waals surface area contributed by atoms with Gasteiger partial charge in [-0.1, -0.05) is 32.9 Å². The van der Waals surface area contributed by atoms with Crippen LogP contribution in [0.2, 0.25) is 0 Å². The van der Waals surface area contributed by atoms with E-state index in [9.17, 15) is 0 Å². The Bertz CT molecular complexity index is 1560. The second-order valence-corrected chi connectivity index (χ2v) is 8.29. The summed E-state index contributed by atoms with van der Waals surface area (Å²) < 4.78 is 46.6. The van der Waals surface area contributed by atoms with E-state index in [0.29, 0.717) is 27.9 Å². The van der Waals surface area contributed by atoms with Gasteiger partial charge in [0.25, 0.3) is 0 Å². The highest BCUT2D eigenvalue weighted by atomic mass is 16.3. The van der Waals surface area contributed by atoms with Gasteiger partial charge in [0.1, 0.15) is 11.2 Å². The fraction of sp³-hybridized carbons (Fsp3) is 0.231. The van der Waals surface area contributed by atoms with Gasteiger partial charge in [0.2, 0.25) is 0 Å². The molecule has 0 spiro atoms. The molecule has 0 aliphatic heterocycles. The predicted molar refractivity (Wildman–Crippen MR) is 120 cm³/mol. The Morgan fingerprint density at radius 1 is 0.966 bits per heavy atom. The molecule has 0 saturated carbocycles.